The summed E-state index contributed by atoms with van der Waals surface area (Å²) in [5, 5.41) is 0. The van der Waals surface area contributed by atoms with Crippen molar-refractivity contribution in [2.75, 3.05) is 33.1 Å². The van der Waals surface area contributed by atoms with E-state index in [4.69, 9.17) is 9.47 Å². The van der Waals surface area contributed by atoms with Crippen molar-refractivity contribution in [3.05, 3.63) is 29.8 Å². The normalized spacial score (nSPS) is 24.4. The van der Waals surface area contributed by atoms with Crippen molar-refractivity contribution in [2.45, 2.75) is 44.3 Å². The van der Waals surface area contributed by atoms with E-state index in [2.05, 4.69) is 4.90 Å². The van der Waals surface area contributed by atoms with Crippen molar-refractivity contribution in [1.29, 1.82) is 0 Å². The van der Waals surface area contributed by atoms with Gasteiger partial charge in [-0.1, -0.05) is 25.0 Å². The molecule has 0 N–H and O–H groups in total. The van der Waals surface area contributed by atoms with Gasteiger partial charge >= 0.3 is 5.97 Å². The van der Waals surface area contributed by atoms with Crippen molar-refractivity contribution in [3.8, 4) is 5.75 Å². The Morgan fingerprint density at radius 2 is 1.81 bits per heavy atom. The molecule has 1 aliphatic carbocycles. The van der Waals surface area contributed by atoms with E-state index < -0.39 is 22.0 Å². The van der Waals surface area contributed by atoms with Crippen LogP contribution in [0.5, 0.6) is 5.75 Å². The number of esters is 1. The van der Waals surface area contributed by atoms with Gasteiger partial charge < -0.3 is 9.47 Å². The third-order valence-electron chi connectivity index (χ3n) is 5.56. The fraction of sp³-hybridized carbons (Fsp3) is 0.632. The summed E-state index contributed by atoms with van der Waals surface area (Å²) >= 11 is 0. The second-order valence-electron chi connectivity index (χ2n) is 7.18. The van der Waals surface area contributed by atoms with Crippen LogP contribution in [0.15, 0.2) is 24.3 Å². The molecule has 1 saturated carbocycles. The van der Waals surface area contributed by atoms with E-state index >= 15 is 0 Å². The minimum atomic E-state index is -3.58. The van der Waals surface area contributed by atoms with Crippen LogP contribution < -0.4 is 4.74 Å². The molecule has 0 aromatic heterocycles. The summed E-state index contributed by atoms with van der Waals surface area (Å²) in [7, 11) is -0.688. The minimum Gasteiger partial charge on any atom is -0.497 e. The van der Waals surface area contributed by atoms with Gasteiger partial charge in [0.25, 0.3) is 0 Å². The maximum Gasteiger partial charge on any atom is 0.325 e. The molecule has 1 aromatic rings. The number of sulfonamides is 1. The van der Waals surface area contributed by atoms with E-state index in [1.807, 2.05) is 12.1 Å². The van der Waals surface area contributed by atoms with Crippen LogP contribution in [-0.2, 0) is 26.1 Å². The molecular formula is C19H28N2O5S. The largest absolute Gasteiger partial charge is 0.497 e. The van der Waals surface area contributed by atoms with Gasteiger partial charge in [-0.15, -0.1) is 0 Å². The zero-order valence-corrected chi connectivity index (χ0v) is 16.8. The highest BCUT2D eigenvalue weighted by Gasteiger charge is 2.41. The summed E-state index contributed by atoms with van der Waals surface area (Å²) in [5.41, 5.74) is 0.808. The molecule has 2 fully saturated rings. The second kappa shape index (κ2) is 8.58. The number of hydrogen-bond acceptors (Lipinski definition) is 6. The smallest absolute Gasteiger partial charge is 0.325 e. The van der Waals surface area contributed by atoms with Crippen LogP contribution >= 0.6 is 0 Å². The first-order chi connectivity index (χ1) is 12.9. The van der Waals surface area contributed by atoms with Gasteiger partial charge in [-0.25, -0.2) is 8.42 Å². The van der Waals surface area contributed by atoms with Crippen molar-refractivity contribution >= 4 is 16.0 Å². The maximum atomic E-state index is 13.0. The van der Waals surface area contributed by atoms with Crippen LogP contribution in [0.3, 0.4) is 0 Å². The number of hydrogen-bond donors (Lipinski definition) is 0. The molecule has 7 nitrogen and oxygen atoms in total. The molecule has 0 amide bonds. The molecule has 1 heterocycles. The Bertz CT molecular complexity index is 744. The number of benzene rings is 1. The van der Waals surface area contributed by atoms with Gasteiger partial charge in [-0.3, -0.25) is 9.69 Å². The van der Waals surface area contributed by atoms with Crippen molar-refractivity contribution < 1.29 is 22.7 Å². The average molecular weight is 397 g/mol. The number of nitrogens with zero attached hydrogens (tertiary/aromatic N) is 2. The highest BCUT2D eigenvalue weighted by atomic mass is 32.2. The van der Waals surface area contributed by atoms with Crippen LogP contribution in [-0.4, -0.2) is 68.7 Å². The van der Waals surface area contributed by atoms with Gasteiger partial charge in [0, 0.05) is 25.7 Å². The van der Waals surface area contributed by atoms with E-state index in [0.717, 1.165) is 31.2 Å². The van der Waals surface area contributed by atoms with Gasteiger partial charge in [0.15, 0.2) is 0 Å². The lowest BCUT2D eigenvalue weighted by molar-refractivity contribution is -0.146. The summed E-state index contributed by atoms with van der Waals surface area (Å²) in [5.74, 6) is 0.221. The molecule has 1 aliphatic heterocycles. The standard InChI is InChI=1S/C19H28N2O5S/c1-25-17-9-7-15(8-10-17)13-21-18(19(22)26-2)14-20(11-12-27(21,23)24)16-5-3-4-6-16/h7-10,16,18H,3-6,11-14H2,1-2H3. The Labute approximate surface area is 161 Å². The van der Waals surface area contributed by atoms with Crippen molar-refractivity contribution in [2.24, 2.45) is 0 Å². The fourth-order valence-electron chi connectivity index (χ4n) is 4.00. The number of carbonyl (C=O) groups is 1. The predicted octanol–water partition coefficient (Wildman–Crippen LogP) is 1.63. The van der Waals surface area contributed by atoms with Crippen LogP contribution in [0, 0.1) is 0 Å². The monoisotopic (exact) mass is 396 g/mol. The fourth-order valence-corrected chi connectivity index (χ4v) is 5.58. The first-order valence-electron chi connectivity index (χ1n) is 9.39. The molecule has 1 aromatic carbocycles. The number of methoxy groups -OCH3 is 2. The van der Waals surface area contributed by atoms with Crippen LogP contribution in [0.4, 0.5) is 0 Å². The number of rotatable bonds is 5. The maximum absolute atomic E-state index is 13.0. The van der Waals surface area contributed by atoms with Crippen LogP contribution in [0.25, 0.3) is 0 Å². The van der Waals surface area contributed by atoms with Crippen LogP contribution in [0.2, 0.25) is 0 Å². The third kappa shape index (κ3) is 4.62. The topological polar surface area (TPSA) is 76.2 Å². The summed E-state index contributed by atoms with van der Waals surface area (Å²) in [4.78, 5) is 14.7. The Balaban J connectivity index is 1.87. The van der Waals surface area contributed by atoms with Gasteiger partial charge in [-0.05, 0) is 30.5 Å². The van der Waals surface area contributed by atoms with Gasteiger partial charge in [0.1, 0.15) is 11.8 Å². The Morgan fingerprint density at radius 3 is 2.41 bits per heavy atom. The third-order valence-corrected chi connectivity index (χ3v) is 7.36. The molecule has 8 heteroatoms. The molecule has 27 heavy (non-hydrogen) atoms. The molecule has 1 atom stereocenters. The van der Waals surface area contributed by atoms with E-state index in [0.29, 0.717) is 24.9 Å². The second-order valence-corrected chi connectivity index (χ2v) is 9.22. The Hall–Kier alpha value is -1.64. The summed E-state index contributed by atoms with van der Waals surface area (Å²) in [6.45, 7) is 0.983. The zero-order valence-electron chi connectivity index (χ0n) is 16.0. The zero-order chi connectivity index (χ0) is 19.4. The lowest BCUT2D eigenvalue weighted by atomic mass is 10.1. The summed E-state index contributed by atoms with van der Waals surface area (Å²) < 4.78 is 37.4. The predicted molar refractivity (Wildman–Crippen MR) is 102 cm³/mol. The molecule has 2 aliphatic rings. The van der Waals surface area contributed by atoms with E-state index in [1.165, 1.54) is 11.4 Å². The molecule has 1 saturated heterocycles. The first kappa shape index (κ1) is 20.1. The highest BCUT2D eigenvalue weighted by Crippen LogP contribution is 2.27. The average Bonchev–Trinajstić information content (AvgIpc) is 3.17. The van der Waals surface area contributed by atoms with Gasteiger partial charge in [-0.2, -0.15) is 4.31 Å². The molecular weight excluding hydrogens is 368 g/mol. The molecule has 0 radical (unpaired) electrons. The van der Waals surface area contributed by atoms with E-state index in [-0.39, 0.29) is 12.3 Å². The van der Waals surface area contributed by atoms with Crippen molar-refractivity contribution in [1.82, 2.24) is 9.21 Å². The number of ether oxygens (including phenoxy) is 2. The number of carbonyl (C=O) groups excluding carboxylic acids is 1. The SMILES string of the molecule is COC(=O)C1CN(C2CCCC2)CCS(=O)(=O)N1Cc1ccc(OC)cc1. The quantitative estimate of drug-likeness (QED) is 0.704. The highest BCUT2D eigenvalue weighted by molar-refractivity contribution is 7.89. The molecule has 1 unspecified atom stereocenters. The van der Waals surface area contributed by atoms with E-state index in [9.17, 15) is 13.2 Å². The summed E-state index contributed by atoms with van der Waals surface area (Å²) in [6.07, 6.45) is 4.44. The van der Waals surface area contributed by atoms with Crippen LogP contribution in [0.1, 0.15) is 31.2 Å². The lowest BCUT2D eigenvalue weighted by Crippen LogP contribution is -2.49. The van der Waals surface area contributed by atoms with Crippen molar-refractivity contribution in [3.63, 3.8) is 0 Å². The van der Waals surface area contributed by atoms with Gasteiger partial charge in [0.2, 0.25) is 10.0 Å². The Morgan fingerprint density at radius 1 is 1.15 bits per heavy atom. The lowest BCUT2D eigenvalue weighted by Gasteiger charge is -2.31. The van der Waals surface area contributed by atoms with E-state index in [1.54, 1.807) is 19.2 Å². The molecule has 0 spiro atoms. The molecule has 0 bridgehead atoms. The minimum absolute atomic E-state index is 0.0210. The summed E-state index contributed by atoms with van der Waals surface area (Å²) in [6, 6.07) is 6.75. The Kier molecular flexibility index (Phi) is 6.39. The molecule has 150 valence electrons. The molecule has 3 rings (SSSR count). The first-order valence-corrected chi connectivity index (χ1v) is 11.0. The van der Waals surface area contributed by atoms with Gasteiger partial charge in [0.05, 0.1) is 20.0 Å².